The topological polar surface area (TPSA) is 23.6 Å². The summed E-state index contributed by atoms with van der Waals surface area (Å²) in [5.41, 5.74) is 0.176. The lowest BCUT2D eigenvalue weighted by Gasteiger charge is -2.35. The minimum Gasteiger partial charge on any atom is -0.325 e. The molecule has 1 aromatic rings. The minimum absolute atomic E-state index is 0.143. The van der Waals surface area contributed by atoms with Crippen LogP contribution in [0.5, 0.6) is 0 Å². The highest BCUT2D eigenvalue weighted by atomic mass is 19.1. The Morgan fingerprint density at radius 2 is 1.70 bits per heavy atom. The van der Waals surface area contributed by atoms with Gasteiger partial charge in [-0.2, -0.15) is 0 Å². The molecular formula is C18H24F2N2O. The van der Waals surface area contributed by atoms with Crippen molar-refractivity contribution in [2.24, 2.45) is 5.92 Å². The van der Waals surface area contributed by atoms with Gasteiger partial charge in [0.05, 0.1) is 0 Å². The Hall–Kier alpha value is -1.65. The molecule has 2 aliphatic rings. The molecule has 0 aromatic heterocycles. The molecule has 1 aromatic carbocycles. The fourth-order valence-corrected chi connectivity index (χ4v) is 3.70. The van der Waals surface area contributed by atoms with Crippen molar-refractivity contribution in [2.75, 3.05) is 26.2 Å². The average Bonchev–Trinajstić information content (AvgIpc) is 3.08. The van der Waals surface area contributed by atoms with Crippen LogP contribution < -0.4 is 0 Å². The van der Waals surface area contributed by atoms with Crippen LogP contribution >= 0.6 is 0 Å². The number of nitrogens with zero attached hydrogens (tertiary/aromatic N) is 2. The van der Waals surface area contributed by atoms with Crippen LogP contribution in [0.4, 0.5) is 13.6 Å². The molecule has 2 saturated heterocycles. The zero-order valence-corrected chi connectivity index (χ0v) is 13.4. The van der Waals surface area contributed by atoms with Crippen molar-refractivity contribution in [2.45, 2.75) is 38.5 Å². The maximum atomic E-state index is 13.7. The largest absolute Gasteiger partial charge is 0.325 e. The number of amides is 2. The van der Waals surface area contributed by atoms with E-state index in [9.17, 15) is 13.6 Å². The van der Waals surface area contributed by atoms with Crippen LogP contribution in [0, 0.1) is 17.6 Å². The number of carbonyl (C=O) groups is 1. The molecule has 3 nitrogen and oxygen atoms in total. The lowest BCUT2D eigenvalue weighted by molar-refractivity contribution is 0.133. The molecule has 0 spiro atoms. The molecule has 2 amide bonds. The third-order valence-electron chi connectivity index (χ3n) is 5.03. The van der Waals surface area contributed by atoms with Crippen LogP contribution in [0.15, 0.2) is 18.2 Å². The van der Waals surface area contributed by atoms with Crippen molar-refractivity contribution in [3.63, 3.8) is 0 Å². The van der Waals surface area contributed by atoms with Crippen molar-refractivity contribution in [3.05, 3.63) is 35.4 Å². The van der Waals surface area contributed by atoms with Crippen molar-refractivity contribution < 1.29 is 13.6 Å². The summed E-state index contributed by atoms with van der Waals surface area (Å²) in [5, 5.41) is 0. The zero-order chi connectivity index (χ0) is 16.2. The van der Waals surface area contributed by atoms with Crippen LogP contribution in [-0.4, -0.2) is 42.0 Å². The van der Waals surface area contributed by atoms with Gasteiger partial charge in [-0.25, -0.2) is 13.6 Å². The Labute approximate surface area is 136 Å². The molecule has 1 atom stereocenters. The molecule has 3 rings (SSSR count). The summed E-state index contributed by atoms with van der Waals surface area (Å²) >= 11 is 0. The summed E-state index contributed by atoms with van der Waals surface area (Å²) in [6.45, 7) is 3.24. The van der Waals surface area contributed by atoms with Crippen LogP contribution in [-0.2, 0) is 6.42 Å². The van der Waals surface area contributed by atoms with Crippen molar-refractivity contribution in [3.8, 4) is 0 Å². The van der Waals surface area contributed by atoms with E-state index in [1.165, 1.54) is 18.2 Å². The Morgan fingerprint density at radius 3 is 2.39 bits per heavy atom. The summed E-state index contributed by atoms with van der Waals surface area (Å²) in [6, 6.07) is 4.15. The van der Waals surface area contributed by atoms with E-state index in [1.807, 2.05) is 9.80 Å². The first-order valence-corrected chi connectivity index (χ1v) is 8.62. The molecule has 0 aliphatic carbocycles. The molecule has 2 aliphatic heterocycles. The predicted molar refractivity (Wildman–Crippen MR) is 85.2 cm³/mol. The summed E-state index contributed by atoms with van der Waals surface area (Å²) in [6.07, 6.45) is 5.31. The SMILES string of the molecule is O=C(N1CCCC1)N1CCC[C@H](CCc2c(F)cccc2F)C1. The Bertz CT molecular complexity index is 538. The van der Waals surface area contributed by atoms with E-state index in [0.29, 0.717) is 18.9 Å². The number of hydrogen-bond acceptors (Lipinski definition) is 1. The summed E-state index contributed by atoms with van der Waals surface area (Å²) in [7, 11) is 0. The highest BCUT2D eigenvalue weighted by molar-refractivity contribution is 5.74. The second-order valence-electron chi connectivity index (χ2n) is 6.67. The zero-order valence-electron chi connectivity index (χ0n) is 13.4. The average molecular weight is 322 g/mol. The standard InChI is InChI=1S/C18H24F2N2O/c19-16-6-3-7-17(20)15(16)9-8-14-5-4-12-22(13-14)18(23)21-10-1-2-11-21/h3,6-7,14H,1-2,4-5,8-13H2/t14-/m1/s1. The lowest BCUT2D eigenvalue weighted by Crippen LogP contribution is -2.46. The lowest BCUT2D eigenvalue weighted by atomic mass is 9.91. The highest BCUT2D eigenvalue weighted by Gasteiger charge is 2.28. The molecule has 0 bridgehead atoms. The first-order valence-electron chi connectivity index (χ1n) is 8.62. The van der Waals surface area contributed by atoms with Gasteiger partial charge in [0.2, 0.25) is 0 Å². The van der Waals surface area contributed by atoms with Crippen LogP contribution in [0.2, 0.25) is 0 Å². The molecular weight excluding hydrogens is 298 g/mol. The third-order valence-corrected chi connectivity index (χ3v) is 5.03. The van der Waals surface area contributed by atoms with Crippen LogP contribution in [0.1, 0.15) is 37.7 Å². The summed E-state index contributed by atoms with van der Waals surface area (Å²) in [4.78, 5) is 16.3. The minimum atomic E-state index is -0.467. The second-order valence-corrected chi connectivity index (χ2v) is 6.67. The van der Waals surface area contributed by atoms with Gasteiger partial charge in [0.1, 0.15) is 11.6 Å². The van der Waals surface area contributed by atoms with Gasteiger partial charge in [0.15, 0.2) is 0 Å². The van der Waals surface area contributed by atoms with Crippen LogP contribution in [0.25, 0.3) is 0 Å². The molecule has 2 fully saturated rings. The third kappa shape index (κ3) is 3.82. The molecule has 0 radical (unpaired) electrons. The molecule has 5 heteroatoms. The van der Waals surface area contributed by atoms with E-state index < -0.39 is 11.6 Å². The van der Waals surface area contributed by atoms with E-state index in [0.717, 1.165) is 51.7 Å². The fourth-order valence-electron chi connectivity index (χ4n) is 3.70. The second kappa shape index (κ2) is 7.28. The quantitative estimate of drug-likeness (QED) is 0.830. The number of carbonyl (C=O) groups excluding carboxylic acids is 1. The van der Waals surface area contributed by atoms with E-state index in [2.05, 4.69) is 0 Å². The Kier molecular flexibility index (Phi) is 5.13. The van der Waals surface area contributed by atoms with E-state index in [4.69, 9.17) is 0 Å². The maximum absolute atomic E-state index is 13.7. The first-order chi connectivity index (χ1) is 11.1. The number of urea groups is 1. The highest BCUT2D eigenvalue weighted by Crippen LogP contribution is 2.25. The summed E-state index contributed by atoms with van der Waals surface area (Å²) < 4.78 is 27.4. The number of hydrogen-bond donors (Lipinski definition) is 0. The summed E-state index contributed by atoms with van der Waals surface area (Å²) in [5.74, 6) is -0.606. The van der Waals surface area contributed by atoms with Gasteiger partial charge in [-0.3, -0.25) is 0 Å². The monoisotopic (exact) mass is 322 g/mol. The van der Waals surface area contributed by atoms with Crippen molar-refractivity contribution in [1.82, 2.24) is 9.80 Å². The van der Waals surface area contributed by atoms with Crippen molar-refractivity contribution >= 4 is 6.03 Å². The molecule has 0 saturated carbocycles. The molecule has 0 N–H and O–H groups in total. The predicted octanol–water partition coefficient (Wildman–Crippen LogP) is 3.83. The van der Waals surface area contributed by atoms with Gasteiger partial charge in [-0.05, 0) is 56.6 Å². The number of benzene rings is 1. The van der Waals surface area contributed by atoms with E-state index in [1.54, 1.807) is 0 Å². The van der Waals surface area contributed by atoms with Gasteiger partial charge in [0.25, 0.3) is 0 Å². The molecule has 23 heavy (non-hydrogen) atoms. The van der Waals surface area contributed by atoms with Gasteiger partial charge in [0, 0.05) is 31.7 Å². The molecule has 126 valence electrons. The van der Waals surface area contributed by atoms with Crippen molar-refractivity contribution in [1.29, 1.82) is 0 Å². The first kappa shape index (κ1) is 16.2. The fraction of sp³-hybridized carbons (Fsp3) is 0.611. The molecule has 0 unspecified atom stereocenters. The molecule has 2 heterocycles. The van der Waals surface area contributed by atoms with Gasteiger partial charge in [-0.15, -0.1) is 0 Å². The van der Waals surface area contributed by atoms with Gasteiger partial charge < -0.3 is 9.80 Å². The number of likely N-dealkylation sites (tertiary alicyclic amines) is 2. The van der Waals surface area contributed by atoms with Crippen LogP contribution in [0.3, 0.4) is 0 Å². The number of rotatable bonds is 3. The normalized spacial score (nSPS) is 21.7. The van der Waals surface area contributed by atoms with E-state index >= 15 is 0 Å². The Morgan fingerprint density at radius 1 is 1.04 bits per heavy atom. The Balaban J connectivity index is 1.55. The number of piperidine rings is 1. The smallest absolute Gasteiger partial charge is 0.320 e. The maximum Gasteiger partial charge on any atom is 0.320 e. The van der Waals surface area contributed by atoms with Gasteiger partial charge >= 0.3 is 6.03 Å². The van der Waals surface area contributed by atoms with E-state index in [-0.39, 0.29) is 11.6 Å². The van der Waals surface area contributed by atoms with Gasteiger partial charge in [-0.1, -0.05) is 6.07 Å². The number of halogens is 2.